The molecular formula is C19H23N5O2. The van der Waals surface area contributed by atoms with Crippen LogP contribution < -0.4 is 10.1 Å². The van der Waals surface area contributed by atoms with Gasteiger partial charge in [0.15, 0.2) is 11.5 Å². The zero-order chi connectivity index (χ0) is 18.5. The average molecular weight is 353 g/mol. The van der Waals surface area contributed by atoms with E-state index >= 15 is 0 Å². The lowest BCUT2D eigenvalue weighted by Gasteiger charge is -2.12. The van der Waals surface area contributed by atoms with E-state index in [0.717, 1.165) is 17.7 Å². The number of ether oxygens (including phenoxy) is 1. The van der Waals surface area contributed by atoms with Gasteiger partial charge in [-0.25, -0.2) is 4.68 Å². The predicted octanol–water partition coefficient (Wildman–Crippen LogP) is 2.65. The summed E-state index contributed by atoms with van der Waals surface area (Å²) in [6, 6.07) is 11.6. The van der Waals surface area contributed by atoms with E-state index in [1.165, 1.54) is 0 Å². The second kappa shape index (κ2) is 7.86. The molecule has 0 unspecified atom stereocenters. The molecule has 1 amide bonds. The van der Waals surface area contributed by atoms with E-state index in [4.69, 9.17) is 4.74 Å². The number of hydrogen-bond donors (Lipinski definition) is 1. The van der Waals surface area contributed by atoms with Gasteiger partial charge in [0.05, 0.1) is 13.7 Å². The van der Waals surface area contributed by atoms with Crippen molar-refractivity contribution >= 4 is 5.91 Å². The van der Waals surface area contributed by atoms with E-state index < -0.39 is 0 Å². The number of carbonyl (C=O) groups is 1. The quantitative estimate of drug-likeness (QED) is 0.709. The van der Waals surface area contributed by atoms with Crippen LogP contribution in [0.4, 0.5) is 0 Å². The Bertz CT molecular complexity index is 853. The Kier molecular flexibility index (Phi) is 5.36. The number of rotatable bonds is 7. The molecule has 0 fully saturated rings. The van der Waals surface area contributed by atoms with Crippen LogP contribution in [0.1, 0.15) is 36.3 Å². The number of aromatic nitrogens is 4. The number of carbonyl (C=O) groups excluding carboxylic acids is 1. The number of nitrogens with zero attached hydrogens (tertiary/aromatic N) is 4. The lowest BCUT2D eigenvalue weighted by Crippen LogP contribution is -2.33. The minimum absolute atomic E-state index is 0.0757. The molecule has 0 radical (unpaired) electrons. The third kappa shape index (κ3) is 3.77. The van der Waals surface area contributed by atoms with E-state index in [1.54, 1.807) is 11.8 Å². The van der Waals surface area contributed by atoms with E-state index in [1.807, 2.05) is 67.2 Å². The molecular weight excluding hydrogens is 330 g/mol. The predicted molar refractivity (Wildman–Crippen MR) is 98.7 cm³/mol. The van der Waals surface area contributed by atoms with Crippen LogP contribution in [0, 0.1) is 0 Å². The average Bonchev–Trinajstić information content (AvgIpc) is 3.31. The van der Waals surface area contributed by atoms with Gasteiger partial charge in [0.1, 0.15) is 5.75 Å². The van der Waals surface area contributed by atoms with Gasteiger partial charge in [0.25, 0.3) is 5.91 Å². The largest absolute Gasteiger partial charge is 0.497 e. The molecule has 0 spiro atoms. The molecule has 0 aliphatic carbocycles. The van der Waals surface area contributed by atoms with Crippen LogP contribution in [0.5, 0.6) is 5.75 Å². The Morgan fingerprint density at radius 2 is 1.92 bits per heavy atom. The fourth-order valence-electron chi connectivity index (χ4n) is 2.59. The smallest absolute Gasteiger partial charge is 0.275 e. The van der Waals surface area contributed by atoms with Gasteiger partial charge in [-0.3, -0.25) is 4.79 Å². The highest BCUT2D eigenvalue weighted by molar-refractivity contribution is 5.95. The molecule has 136 valence electrons. The SMILES string of the molecule is CC[C@H](C)NC(=O)c1nnn(Cc2ccc(OC)cc2)c1-n1cccc1. The molecule has 0 saturated heterocycles. The van der Waals surface area contributed by atoms with Crippen LogP contribution in [-0.4, -0.2) is 38.6 Å². The first-order valence-corrected chi connectivity index (χ1v) is 8.63. The van der Waals surface area contributed by atoms with E-state index in [2.05, 4.69) is 15.6 Å². The van der Waals surface area contributed by atoms with Crippen LogP contribution in [0.25, 0.3) is 5.82 Å². The van der Waals surface area contributed by atoms with Crippen molar-refractivity contribution in [3.63, 3.8) is 0 Å². The molecule has 0 saturated carbocycles. The summed E-state index contributed by atoms with van der Waals surface area (Å²) in [6.07, 6.45) is 4.61. The fraction of sp³-hybridized carbons (Fsp3) is 0.316. The number of benzene rings is 1. The molecule has 3 rings (SSSR count). The van der Waals surface area contributed by atoms with Crippen molar-refractivity contribution in [1.82, 2.24) is 24.9 Å². The lowest BCUT2D eigenvalue weighted by molar-refractivity contribution is 0.0934. The molecule has 2 heterocycles. The van der Waals surface area contributed by atoms with Crippen molar-refractivity contribution in [2.45, 2.75) is 32.9 Å². The van der Waals surface area contributed by atoms with Crippen LogP contribution in [0.2, 0.25) is 0 Å². The van der Waals surface area contributed by atoms with Crippen molar-refractivity contribution in [1.29, 1.82) is 0 Å². The first kappa shape index (κ1) is 17.7. The third-order valence-electron chi connectivity index (χ3n) is 4.25. The summed E-state index contributed by atoms with van der Waals surface area (Å²) in [4.78, 5) is 12.6. The minimum atomic E-state index is -0.218. The van der Waals surface area contributed by atoms with E-state index in [-0.39, 0.29) is 11.9 Å². The summed E-state index contributed by atoms with van der Waals surface area (Å²) in [7, 11) is 1.64. The zero-order valence-corrected chi connectivity index (χ0v) is 15.2. The second-order valence-electron chi connectivity index (χ2n) is 6.14. The summed E-state index contributed by atoms with van der Waals surface area (Å²) in [5.41, 5.74) is 1.35. The monoisotopic (exact) mass is 353 g/mol. The Morgan fingerprint density at radius 1 is 1.23 bits per heavy atom. The normalized spacial score (nSPS) is 12.0. The summed E-state index contributed by atoms with van der Waals surface area (Å²) in [5.74, 6) is 1.22. The number of hydrogen-bond acceptors (Lipinski definition) is 4. The molecule has 2 aromatic heterocycles. The van der Waals surface area contributed by atoms with Crippen LogP contribution >= 0.6 is 0 Å². The lowest BCUT2D eigenvalue weighted by atomic mass is 10.2. The molecule has 1 aromatic carbocycles. The highest BCUT2D eigenvalue weighted by Gasteiger charge is 2.22. The van der Waals surface area contributed by atoms with Crippen LogP contribution in [0.15, 0.2) is 48.8 Å². The molecule has 0 bridgehead atoms. The Morgan fingerprint density at radius 3 is 2.54 bits per heavy atom. The first-order valence-electron chi connectivity index (χ1n) is 8.63. The second-order valence-corrected chi connectivity index (χ2v) is 6.14. The fourth-order valence-corrected chi connectivity index (χ4v) is 2.59. The summed E-state index contributed by atoms with van der Waals surface area (Å²) in [5, 5.41) is 11.3. The third-order valence-corrected chi connectivity index (χ3v) is 4.25. The Balaban J connectivity index is 1.93. The van der Waals surface area contributed by atoms with Crippen molar-refractivity contribution in [3.05, 3.63) is 60.0 Å². The van der Waals surface area contributed by atoms with Gasteiger partial charge < -0.3 is 14.6 Å². The zero-order valence-electron chi connectivity index (χ0n) is 15.2. The highest BCUT2D eigenvalue weighted by Crippen LogP contribution is 2.17. The van der Waals surface area contributed by atoms with Crippen molar-refractivity contribution in [3.8, 4) is 11.6 Å². The topological polar surface area (TPSA) is 74.0 Å². The molecule has 1 N–H and O–H groups in total. The van der Waals surface area contributed by atoms with Gasteiger partial charge in [-0.05, 0) is 43.2 Å². The highest BCUT2D eigenvalue weighted by atomic mass is 16.5. The maximum Gasteiger partial charge on any atom is 0.275 e. The van der Waals surface area contributed by atoms with Gasteiger partial charge in [-0.2, -0.15) is 0 Å². The Labute approximate surface area is 152 Å². The Hall–Kier alpha value is -3.09. The maximum absolute atomic E-state index is 12.6. The van der Waals surface area contributed by atoms with E-state index in [9.17, 15) is 4.79 Å². The summed E-state index contributed by atoms with van der Waals surface area (Å²) >= 11 is 0. The van der Waals surface area contributed by atoms with Gasteiger partial charge in [-0.15, -0.1) is 5.10 Å². The summed E-state index contributed by atoms with van der Waals surface area (Å²) < 4.78 is 8.78. The van der Waals surface area contributed by atoms with Gasteiger partial charge in [0, 0.05) is 18.4 Å². The van der Waals surface area contributed by atoms with Crippen LogP contribution in [-0.2, 0) is 6.54 Å². The van der Waals surface area contributed by atoms with Crippen LogP contribution in [0.3, 0.4) is 0 Å². The van der Waals surface area contributed by atoms with Gasteiger partial charge in [0.2, 0.25) is 0 Å². The minimum Gasteiger partial charge on any atom is -0.497 e. The van der Waals surface area contributed by atoms with Gasteiger partial charge >= 0.3 is 0 Å². The standard InChI is InChI=1S/C19H23N5O2/c1-4-14(2)20-18(25)17-19(23-11-5-6-12-23)24(22-21-17)13-15-7-9-16(26-3)10-8-15/h5-12,14H,4,13H2,1-3H3,(H,20,25)/t14-/m0/s1. The van der Waals surface area contributed by atoms with Gasteiger partial charge in [-0.1, -0.05) is 24.3 Å². The van der Waals surface area contributed by atoms with E-state index in [0.29, 0.717) is 18.1 Å². The molecule has 1 atom stereocenters. The number of methoxy groups -OCH3 is 1. The maximum atomic E-state index is 12.6. The van der Waals surface area contributed by atoms with Crippen molar-refractivity contribution in [2.75, 3.05) is 7.11 Å². The number of amides is 1. The summed E-state index contributed by atoms with van der Waals surface area (Å²) in [6.45, 7) is 4.49. The number of nitrogens with one attached hydrogen (secondary N) is 1. The molecule has 26 heavy (non-hydrogen) atoms. The molecule has 7 heteroatoms. The van der Waals surface area contributed by atoms with Crippen molar-refractivity contribution < 1.29 is 9.53 Å². The molecule has 0 aliphatic heterocycles. The molecule has 3 aromatic rings. The van der Waals surface area contributed by atoms with Crippen molar-refractivity contribution in [2.24, 2.45) is 0 Å². The molecule has 7 nitrogen and oxygen atoms in total. The first-order chi connectivity index (χ1) is 12.6. The molecule has 0 aliphatic rings.